The minimum Gasteiger partial charge on any atom is -0.493 e. The minimum atomic E-state index is -0.441. The highest BCUT2D eigenvalue weighted by Gasteiger charge is 2.14. The van der Waals surface area contributed by atoms with Gasteiger partial charge in [-0.1, -0.05) is 29.8 Å². The van der Waals surface area contributed by atoms with Crippen molar-refractivity contribution in [1.82, 2.24) is 0 Å². The van der Waals surface area contributed by atoms with Crippen LogP contribution in [0.4, 0.5) is 5.69 Å². The maximum Gasteiger partial charge on any atom is 0.270 e. The van der Waals surface area contributed by atoms with Gasteiger partial charge in [-0.15, -0.1) is 0 Å². The van der Waals surface area contributed by atoms with Crippen LogP contribution in [0.2, 0.25) is 5.02 Å². The van der Waals surface area contributed by atoms with Crippen molar-refractivity contribution in [2.45, 2.75) is 6.92 Å². The lowest BCUT2D eigenvalue weighted by molar-refractivity contribution is -0.384. The Kier molecular flexibility index (Phi) is 4.02. The normalized spacial score (nSPS) is 10.2. The van der Waals surface area contributed by atoms with Crippen LogP contribution < -0.4 is 4.74 Å². The van der Waals surface area contributed by atoms with Crippen LogP contribution in [0.3, 0.4) is 0 Å². The zero-order chi connectivity index (χ0) is 13.8. The highest BCUT2D eigenvalue weighted by molar-refractivity contribution is 6.33. The number of nitro benzene ring substituents is 1. The molecule has 0 aliphatic rings. The van der Waals surface area contributed by atoms with Gasteiger partial charge in [-0.3, -0.25) is 10.1 Å². The number of nitrogens with zero attached hydrogens (tertiary/aromatic N) is 1. The van der Waals surface area contributed by atoms with Gasteiger partial charge in [-0.25, -0.2) is 0 Å². The van der Waals surface area contributed by atoms with E-state index in [4.69, 9.17) is 16.3 Å². The molecule has 0 saturated carbocycles. The second-order valence-corrected chi connectivity index (χ2v) is 4.26. The molecule has 2 aromatic rings. The molecule has 0 amide bonds. The molecule has 0 saturated heterocycles. The second-order valence-electron chi connectivity index (χ2n) is 3.85. The molecule has 0 heterocycles. The third-order valence-corrected chi connectivity index (χ3v) is 2.97. The average molecular weight is 278 g/mol. The van der Waals surface area contributed by atoms with E-state index in [9.17, 15) is 10.1 Å². The lowest BCUT2D eigenvalue weighted by atomic mass is 10.0. The Morgan fingerprint density at radius 2 is 1.95 bits per heavy atom. The molecule has 0 aromatic heterocycles. The topological polar surface area (TPSA) is 52.4 Å². The maximum absolute atomic E-state index is 10.8. The lowest BCUT2D eigenvalue weighted by Crippen LogP contribution is -1.95. The Bertz CT molecular complexity index is 613. The Hall–Kier alpha value is -2.07. The summed E-state index contributed by atoms with van der Waals surface area (Å²) in [5.74, 6) is 0.660. The first-order valence-electron chi connectivity index (χ1n) is 5.79. The predicted molar refractivity (Wildman–Crippen MR) is 74.7 cm³/mol. The fraction of sp³-hybridized carbons (Fsp3) is 0.143. The largest absolute Gasteiger partial charge is 0.493 e. The van der Waals surface area contributed by atoms with E-state index >= 15 is 0 Å². The Labute approximate surface area is 115 Å². The summed E-state index contributed by atoms with van der Waals surface area (Å²) in [5.41, 5.74) is 1.35. The van der Waals surface area contributed by atoms with Crippen LogP contribution in [0.15, 0.2) is 42.5 Å². The zero-order valence-electron chi connectivity index (χ0n) is 10.3. The van der Waals surface area contributed by atoms with Gasteiger partial charge >= 0.3 is 0 Å². The first-order chi connectivity index (χ1) is 9.13. The van der Waals surface area contributed by atoms with Crippen molar-refractivity contribution in [2.75, 3.05) is 6.61 Å². The van der Waals surface area contributed by atoms with Gasteiger partial charge in [0.2, 0.25) is 0 Å². The van der Waals surface area contributed by atoms with Gasteiger partial charge < -0.3 is 4.74 Å². The summed E-state index contributed by atoms with van der Waals surface area (Å²) < 4.78 is 5.52. The maximum atomic E-state index is 10.8. The van der Waals surface area contributed by atoms with E-state index < -0.39 is 4.92 Å². The summed E-state index contributed by atoms with van der Waals surface area (Å²) in [6.07, 6.45) is 0. The Morgan fingerprint density at radius 1 is 1.21 bits per heavy atom. The van der Waals surface area contributed by atoms with Gasteiger partial charge in [0.25, 0.3) is 5.69 Å². The number of halogens is 1. The zero-order valence-corrected chi connectivity index (χ0v) is 11.1. The third kappa shape index (κ3) is 2.85. The van der Waals surface area contributed by atoms with Crippen LogP contribution in [-0.2, 0) is 0 Å². The van der Waals surface area contributed by atoms with Gasteiger partial charge in [0, 0.05) is 28.3 Å². The predicted octanol–water partition coefficient (Wildman–Crippen LogP) is 4.31. The molecule has 2 aromatic carbocycles. The second kappa shape index (κ2) is 5.71. The van der Waals surface area contributed by atoms with Gasteiger partial charge in [0.15, 0.2) is 0 Å². The van der Waals surface area contributed by atoms with E-state index in [0.29, 0.717) is 22.9 Å². The summed E-state index contributed by atoms with van der Waals surface area (Å²) in [4.78, 5) is 10.4. The molecule has 98 valence electrons. The van der Waals surface area contributed by atoms with Crippen molar-refractivity contribution < 1.29 is 9.66 Å². The third-order valence-electron chi connectivity index (χ3n) is 2.64. The number of benzene rings is 2. The SMILES string of the molecule is CCOc1ccccc1-c1cc([N+](=O)[O-])ccc1Cl. The molecule has 0 bridgehead atoms. The molecule has 0 aliphatic carbocycles. The molecule has 0 spiro atoms. The standard InChI is InChI=1S/C14H12ClNO3/c1-2-19-14-6-4-3-5-11(14)12-9-10(16(17)18)7-8-13(12)15/h3-9H,2H2,1H3. The molecule has 19 heavy (non-hydrogen) atoms. The summed E-state index contributed by atoms with van der Waals surface area (Å²) in [6.45, 7) is 2.40. The smallest absolute Gasteiger partial charge is 0.270 e. The van der Waals surface area contributed by atoms with Gasteiger partial charge in [0.1, 0.15) is 5.75 Å². The van der Waals surface area contributed by atoms with Gasteiger partial charge in [0.05, 0.1) is 11.5 Å². The first kappa shape index (κ1) is 13.4. The fourth-order valence-electron chi connectivity index (χ4n) is 1.80. The molecule has 4 nitrogen and oxygen atoms in total. The molecule has 0 radical (unpaired) electrons. The summed E-state index contributed by atoms with van der Waals surface area (Å²) in [6, 6.07) is 11.7. The van der Waals surface area contributed by atoms with Crippen molar-refractivity contribution in [3.05, 3.63) is 57.6 Å². The molecule has 0 aliphatic heterocycles. The minimum absolute atomic E-state index is 0.00528. The summed E-state index contributed by atoms with van der Waals surface area (Å²) in [7, 11) is 0. The van der Waals surface area contributed by atoms with Crippen LogP contribution in [0.5, 0.6) is 5.75 Å². The van der Waals surface area contributed by atoms with Gasteiger partial charge in [-0.05, 0) is 19.1 Å². The van der Waals surface area contributed by atoms with Crippen molar-refractivity contribution in [3.63, 3.8) is 0 Å². The van der Waals surface area contributed by atoms with Crippen LogP contribution in [0, 0.1) is 10.1 Å². The molecule has 0 fully saturated rings. The molecule has 2 rings (SSSR count). The van der Waals surface area contributed by atoms with E-state index in [2.05, 4.69) is 0 Å². The highest BCUT2D eigenvalue weighted by Crippen LogP contribution is 2.36. The Balaban J connectivity index is 2.57. The van der Waals surface area contributed by atoms with Crippen LogP contribution in [0.1, 0.15) is 6.92 Å². The quantitative estimate of drug-likeness (QED) is 0.618. The molecular formula is C14H12ClNO3. The molecule has 0 N–H and O–H groups in total. The number of para-hydroxylation sites is 1. The van der Waals surface area contributed by atoms with Crippen LogP contribution in [-0.4, -0.2) is 11.5 Å². The van der Waals surface area contributed by atoms with Crippen molar-refractivity contribution in [3.8, 4) is 16.9 Å². The van der Waals surface area contributed by atoms with E-state index in [0.717, 1.165) is 5.56 Å². The van der Waals surface area contributed by atoms with Crippen molar-refractivity contribution in [1.29, 1.82) is 0 Å². The average Bonchev–Trinajstić information content (AvgIpc) is 2.40. The fourth-order valence-corrected chi connectivity index (χ4v) is 2.02. The lowest BCUT2D eigenvalue weighted by Gasteiger charge is -2.11. The Morgan fingerprint density at radius 3 is 2.63 bits per heavy atom. The highest BCUT2D eigenvalue weighted by atomic mass is 35.5. The van der Waals surface area contributed by atoms with Crippen molar-refractivity contribution >= 4 is 17.3 Å². The molecule has 0 atom stereocenters. The monoisotopic (exact) mass is 277 g/mol. The van der Waals surface area contributed by atoms with E-state index in [1.165, 1.54) is 18.2 Å². The van der Waals surface area contributed by atoms with Crippen molar-refractivity contribution in [2.24, 2.45) is 0 Å². The molecule has 5 heteroatoms. The molecule has 0 unspecified atom stereocenters. The van der Waals surface area contributed by atoms with Crippen LogP contribution in [0.25, 0.3) is 11.1 Å². The summed E-state index contributed by atoms with van der Waals surface area (Å²) in [5, 5.41) is 11.3. The molecular weight excluding hydrogens is 266 g/mol. The summed E-state index contributed by atoms with van der Waals surface area (Å²) >= 11 is 6.13. The van der Waals surface area contributed by atoms with E-state index in [-0.39, 0.29) is 5.69 Å². The number of ether oxygens (including phenoxy) is 1. The van der Waals surface area contributed by atoms with Crippen LogP contribution >= 0.6 is 11.6 Å². The van der Waals surface area contributed by atoms with E-state index in [1.54, 1.807) is 0 Å². The van der Waals surface area contributed by atoms with E-state index in [1.807, 2.05) is 31.2 Å². The number of hydrogen-bond acceptors (Lipinski definition) is 3. The number of nitro groups is 1. The number of hydrogen-bond donors (Lipinski definition) is 0. The van der Waals surface area contributed by atoms with Gasteiger partial charge in [-0.2, -0.15) is 0 Å². The number of rotatable bonds is 4. The number of non-ortho nitro benzene ring substituents is 1. The first-order valence-corrected chi connectivity index (χ1v) is 6.17.